The first-order chi connectivity index (χ1) is 8.63. The van der Waals surface area contributed by atoms with Crippen molar-refractivity contribution >= 4 is 17.3 Å². The number of hydrogen-bond donors (Lipinski definition) is 1. The van der Waals surface area contributed by atoms with Crippen LogP contribution in [0.25, 0.3) is 10.7 Å². The Kier molecular flexibility index (Phi) is 2.66. The maximum absolute atomic E-state index is 11.0. The molecule has 0 amide bonds. The van der Waals surface area contributed by atoms with E-state index < -0.39 is 5.97 Å². The van der Waals surface area contributed by atoms with Crippen LogP contribution in [0.5, 0.6) is 0 Å². The van der Waals surface area contributed by atoms with E-state index in [0.29, 0.717) is 25.2 Å². The maximum Gasteiger partial charge on any atom is 0.308 e. The van der Waals surface area contributed by atoms with Crippen LogP contribution >= 0.6 is 11.3 Å². The number of nitrogens with zero attached hydrogens (tertiary/aromatic N) is 3. The highest BCUT2D eigenvalue weighted by Gasteiger charge is 2.26. The van der Waals surface area contributed by atoms with E-state index in [-0.39, 0.29) is 5.92 Å². The van der Waals surface area contributed by atoms with Crippen molar-refractivity contribution in [1.82, 2.24) is 14.8 Å². The van der Waals surface area contributed by atoms with Crippen LogP contribution in [-0.4, -0.2) is 25.8 Å². The van der Waals surface area contributed by atoms with E-state index in [1.165, 1.54) is 4.88 Å². The second-order valence-corrected chi connectivity index (χ2v) is 5.81. The lowest BCUT2D eigenvalue weighted by molar-refractivity contribution is -0.142. The number of thiophene rings is 1. The molecule has 0 radical (unpaired) electrons. The molecule has 1 aliphatic rings. The van der Waals surface area contributed by atoms with Gasteiger partial charge in [0, 0.05) is 11.3 Å². The summed E-state index contributed by atoms with van der Waals surface area (Å²) in [4.78, 5) is 17.7. The van der Waals surface area contributed by atoms with Crippen molar-refractivity contribution in [2.75, 3.05) is 0 Å². The molecule has 3 rings (SSSR count). The number of aliphatic carboxylic acids is 1. The molecule has 0 fully saturated rings. The molecule has 0 spiro atoms. The normalized spacial score (nSPS) is 18.6. The summed E-state index contributed by atoms with van der Waals surface area (Å²) in [6.07, 6.45) is 1.34. The van der Waals surface area contributed by atoms with E-state index in [9.17, 15) is 4.79 Å². The van der Waals surface area contributed by atoms with Gasteiger partial charge >= 0.3 is 5.97 Å². The first-order valence-corrected chi connectivity index (χ1v) is 6.68. The van der Waals surface area contributed by atoms with E-state index in [1.807, 2.05) is 19.1 Å². The van der Waals surface area contributed by atoms with Gasteiger partial charge in [-0.15, -0.1) is 16.4 Å². The second-order valence-electron chi connectivity index (χ2n) is 4.52. The Morgan fingerprint density at radius 3 is 3.06 bits per heavy atom. The summed E-state index contributed by atoms with van der Waals surface area (Å²) >= 11 is 1.66. The number of carbonyl (C=O) groups is 1. The van der Waals surface area contributed by atoms with Crippen molar-refractivity contribution in [2.45, 2.75) is 26.3 Å². The zero-order valence-electron chi connectivity index (χ0n) is 9.96. The van der Waals surface area contributed by atoms with E-state index in [0.717, 1.165) is 10.7 Å². The molecule has 3 heterocycles. The first kappa shape index (κ1) is 11.4. The molecule has 1 aliphatic heterocycles. The molecule has 5 nitrogen and oxygen atoms in total. The first-order valence-electron chi connectivity index (χ1n) is 5.87. The number of rotatable bonds is 2. The van der Waals surface area contributed by atoms with E-state index in [2.05, 4.69) is 10.1 Å². The van der Waals surface area contributed by atoms with E-state index in [4.69, 9.17) is 5.11 Å². The summed E-state index contributed by atoms with van der Waals surface area (Å²) in [5.41, 5.74) is 0. The average molecular weight is 263 g/mol. The van der Waals surface area contributed by atoms with Gasteiger partial charge in [0.15, 0.2) is 5.82 Å². The maximum atomic E-state index is 11.0. The highest BCUT2D eigenvalue weighted by Crippen LogP contribution is 2.27. The topological polar surface area (TPSA) is 68.0 Å². The molecule has 0 aliphatic carbocycles. The molecule has 94 valence electrons. The predicted molar refractivity (Wildman–Crippen MR) is 67.5 cm³/mol. The summed E-state index contributed by atoms with van der Waals surface area (Å²) in [6, 6.07) is 4.05. The van der Waals surface area contributed by atoms with Gasteiger partial charge in [0.25, 0.3) is 0 Å². The Hall–Kier alpha value is -1.69. The van der Waals surface area contributed by atoms with Crippen LogP contribution in [0.3, 0.4) is 0 Å². The lowest BCUT2D eigenvalue weighted by Gasteiger charge is -2.18. The Morgan fingerprint density at radius 2 is 2.39 bits per heavy atom. The van der Waals surface area contributed by atoms with Crippen molar-refractivity contribution in [3.63, 3.8) is 0 Å². The van der Waals surface area contributed by atoms with Gasteiger partial charge in [0.05, 0.1) is 17.3 Å². The van der Waals surface area contributed by atoms with Crippen LogP contribution < -0.4 is 0 Å². The lowest BCUT2D eigenvalue weighted by atomic mass is 10.0. The number of hydrogen-bond acceptors (Lipinski definition) is 4. The van der Waals surface area contributed by atoms with Gasteiger partial charge in [-0.25, -0.2) is 9.67 Å². The summed E-state index contributed by atoms with van der Waals surface area (Å²) in [6.45, 7) is 2.48. The zero-order valence-corrected chi connectivity index (χ0v) is 10.8. The fourth-order valence-corrected chi connectivity index (χ4v) is 2.97. The molecule has 18 heavy (non-hydrogen) atoms. The molecule has 2 aromatic rings. The van der Waals surface area contributed by atoms with Crippen molar-refractivity contribution in [2.24, 2.45) is 5.92 Å². The summed E-state index contributed by atoms with van der Waals surface area (Å²) in [5, 5.41) is 13.5. The third kappa shape index (κ3) is 1.92. The Balaban J connectivity index is 1.91. The second kappa shape index (κ2) is 4.20. The number of fused-ring (bicyclic) bond motifs is 1. The van der Waals surface area contributed by atoms with E-state index in [1.54, 1.807) is 16.0 Å². The van der Waals surface area contributed by atoms with Crippen LogP contribution in [-0.2, 0) is 17.8 Å². The molecule has 1 unspecified atom stereocenters. The molecule has 1 atom stereocenters. The monoisotopic (exact) mass is 263 g/mol. The fourth-order valence-electron chi connectivity index (χ4n) is 2.17. The van der Waals surface area contributed by atoms with Gasteiger partial charge < -0.3 is 5.11 Å². The van der Waals surface area contributed by atoms with Gasteiger partial charge in [-0.1, -0.05) is 0 Å². The average Bonchev–Trinajstić information content (AvgIpc) is 2.93. The summed E-state index contributed by atoms with van der Waals surface area (Å²) < 4.78 is 1.74. The molecular weight excluding hydrogens is 250 g/mol. The van der Waals surface area contributed by atoms with Crippen molar-refractivity contribution in [1.29, 1.82) is 0 Å². The van der Waals surface area contributed by atoms with Crippen molar-refractivity contribution in [3.05, 3.63) is 22.8 Å². The molecule has 0 aromatic carbocycles. The van der Waals surface area contributed by atoms with Gasteiger partial charge in [-0.2, -0.15) is 0 Å². The molecule has 2 aromatic heterocycles. The van der Waals surface area contributed by atoms with Gasteiger partial charge in [-0.05, 0) is 25.5 Å². The number of aromatic nitrogens is 3. The minimum atomic E-state index is -0.746. The van der Waals surface area contributed by atoms with Gasteiger partial charge in [0.2, 0.25) is 0 Å². The minimum absolute atomic E-state index is 0.336. The fraction of sp³-hybridized carbons (Fsp3) is 0.417. The number of carboxylic acid groups (broad SMARTS) is 1. The zero-order chi connectivity index (χ0) is 12.7. The predicted octanol–water partition coefficient (Wildman–Crippen LogP) is 1.96. The summed E-state index contributed by atoms with van der Waals surface area (Å²) in [5.74, 6) is 0.532. The summed E-state index contributed by atoms with van der Waals surface area (Å²) in [7, 11) is 0. The Labute approximate surface area is 108 Å². The molecule has 0 saturated carbocycles. The Morgan fingerprint density at radius 1 is 1.56 bits per heavy atom. The molecule has 1 N–H and O–H groups in total. The quantitative estimate of drug-likeness (QED) is 0.899. The third-order valence-corrected chi connectivity index (χ3v) is 4.16. The SMILES string of the molecule is Cc1ccc(-c2nc3n(n2)CC(C(=O)O)CC3)s1. The smallest absolute Gasteiger partial charge is 0.308 e. The van der Waals surface area contributed by atoms with Crippen LogP contribution in [0, 0.1) is 12.8 Å². The molecule has 0 bridgehead atoms. The van der Waals surface area contributed by atoms with Crippen LogP contribution in [0.1, 0.15) is 17.1 Å². The standard InChI is InChI=1S/C12H13N3O2S/c1-7-2-4-9(18-7)11-13-10-5-3-8(12(16)17)6-15(10)14-11/h2,4,8H,3,5-6H2,1H3,(H,16,17). The highest BCUT2D eigenvalue weighted by molar-refractivity contribution is 7.15. The number of aryl methyl sites for hydroxylation is 2. The third-order valence-electron chi connectivity index (χ3n) is 3.17. The lowest BCUT2D eigenvalue weighted by Crippen LogP contribution is -2.27. The van der Waals surface area contributed by atoms with Gasteiger partial charge in [-0.3, -0.25) is 4.79 Å². The van der Waals surface area contributed by atoms with Gasteiger partial charge in [0.1, 0.15) is 5.82 Å². The molecular formula is C12H13N3O2S. The van der Waals surface area contributed by atoms with Crippen molar-refractivity contribution in [3.8, 4) is 10.7 Å². The largest absolute Gasteiger partial charge is 0.481 e. The highest BCUT2D eigenvalue weighted by atomic mass is 32.1. The molecule has 6 heteroatoms. The van der Waals surface area contributed by atoms with Crippen LogP contribution in [0.2, 0.25) is 0 Å². The van der Waals surface area contributed by atoms with E-state index >= 15 is 0 Å². The van der Waals surface area contributed by atoms with Crippen molar-refractivity contribution < 1.29 is 9.90 Å². The number of carboxylic acids is 1. The Bertz CT molecular complexity index is 602. The van der Waals surface area contributed by atoms with Crippen LogP contribution in [0.4, 0.5) is 0 Å². The van der Waals surface area contributed by atoms with Crippen LogP contribution in [0.15, 0.2) is 12.1 Å². The molecule has 0 saturated heterocycles. The minimum Gasteiger partial charge on any atom is -0.481 e.